The molecule has 0 N–H and O–H groups in total. The molecule has 1 spiro atoms. The average Bonchev–Trinajstić information content (AvgIpc) is 2.78. The first-order chi connectivity index (χ1) is 8.94. The molecule has 0 amide bonds. The van der Waals surface area contributed by atoms with Crippen LogP contribution in [0.3, 0.4) is 0 Å². The third-order valence-electron chi connectivity index (χ3n) is 7.40. The first-order valence-corrected chi connectivity index (χ1v) is 7.77. The number of fused-ring (bicyclic) bond motifs is 5. The van der Waals surface area contributed by atoms with Crippen LogP contribution in [0.5, 0.6) is 0 Å². The zero-order valence-electron chi connectivity index (χ0n) is 11.9. The van der Waals surface area contributed by atoms with E-state index < -0.39 is 0 Å². The molecule has 5 rings (SSSR count). The van der Waals surface area contributed by atoms with Gasteiger partial charge in [-0.2, -0.15) is 0 Å². The fraction of sp³-hybridized carbons (Fsp3) is 0.938. The highest BCUT2D eigenvalue weighted by Crippen LogP contribution is 2.86. The number of ketones is 1. The third kappa shape index (κ3) is 0.909. The van der Waals surface area contributed by atoms with E-state index >= 15 is 0 Å². The van der Waals surface area contributed by atoms with Gasteiger partial charge in [0.15, 0.2) is 5.79 Å². The first kappa shape index (κ1) is 11.3. The standard InChI is InChI=1S/C16H22O3/c1-14(2)12-10-8(4-5-16(10)18-6-7-19-16)9-11(13(14)17)15(9,12)3/h8-12H,4-7H2,1-3H3/t8-,9?,10-,11?,12-,15+/m0/s1. The lowest BCUT2D eigenvalue weighted by molar-refractivity contribution is -0.203. The van der Waals surface area contributed by atoms with Crippen molar-refractivity contribution in [3.63, 3.8) is 0 Å². The van der Waals surface area contributed by atoms with Gasteiger partial charge < -0.3 is 9.47 Å². The van der Waals surface area contributed by atoms with E-state index in [4.69, 9.17) is 9.47 Å². The summed E-state index contributed by atoms with van der Waals surface area (Å²) in [4.78, 5) is 12.7. The summed E-state index contributed by atoms with van der Waals surface area (Å²) in [7, 11) is 0. The van der Waals surface area contributed by atoms with E-state index in [0.717, 1.165) is 19.6 Å². The molecule has 6 atom stereocenters. The Bertz CT molecular complexity index is 490. The molecular formula is C16H22O3. The topological polar surface area (TPSA) is 35.5 Å². The van der Waals surface area contributed by atoms with Crippen LogP contribution in [0.2, 0.25) is 0 Å². The molecule has 0 aromatic heterocycles. The van der Waals surface area contributed by atoms with E-state index in [1.807, 2.05) is 0 Å². The molecule has 1 saturated heterocycles. The molecule has 4 saturated carbocycles. The van der Waals surface area contributed by atoms with Crippen molar-refractivity contribution in [1.29, 1.82) is 0 Å². The highest BCUT2D eigenvalue weighted by Gasteiger charge is 2.88. The van der Waals surface area contributed by atoms with Gasteiger partial charge >= 0.3 is 0 Å². The van der Waals surface area contributed by atoms with Crippen LogP contribution in [0.4, 0.5) is 0 Å². The Hall–Kier alpha value is -0.410. The van der Waals surface area contributed by atoms with Crippen molar-refractivity contribution < 1.29 is 14.3 Å². The van der Waals surface area contributed by atoms with Gasteiger partial charge in [0.1, 0.15) is 5.78 Å². The number of carbonyl (C=O) groups excluding carboxylic acids is 1. The number of carbonyl (C=O) groups is 1. The first-order valence-electron chi connectivity index (χ1n) is 7.77. The lowest BCUT2D eigenvalue weighted by atomic mass is 9.68. The minimum absolute atomic E-state index is 0.179. The highest BCUT2D eigenvalue weighted by molar-refractivity contribution is 5.95. The smallest absolute Gasteiger partial charge is 0.171 e. The van der Waals surface area contributed by atoms with Crippen molar-refractivity contribution in [3.05, 3.63) is 0 Å². The van der Waals surface area contributed by atoms with Crippen molar-refractivity contribution in [2.45, 2.75) is 39.4 Å². The molecule has 3 heteroatoms. The van der Waals surface area contributed by atoms with Crippen LogP contribution in [-0.4, -0.2) is 24.8 Å². The van der Waals surface area contributed by atoms with Gasteiger partial charge in [-0.15, -0.1) is 0 Å². The molecule has 4 aliphatic carbocycles. The van der Waals surface area contributed by atoms with Crippen LogP contribution in [0, 0.1) is 40.4 Å². The maximum absolute atomic E-state index is 12.7. The second kappa shape index (κ2) is 2.80. The number of hydrogen-bond acceptors (Lipinski definition) is 3. The van der Waals surface area contributed by atoms with Gasteiger partial charge in [0.25, 0.3) is 0 Å². The average molecular weight is 262 g/mol. The number of ether oxygens (including phenoxy) is 2. The Morgan fingerprint density at radius 3 is 2.47 bits per heavy atom. The quantitative estimate of drug-likeness (QED) is 0.671. The lowest BCUT2D eigenvalue weighted by Gasteiger charge is -2.40. The summed E-state index contributed by atoms with van der Waals surface area (Å²) in [6, 6.07) is 0. The zero-order valence-corrected chi connectivity index (χ0v) is 11.9. The second-order valence-electron chi connectivity index (χ2n) is 8.17. The van der Waals surface area contributed by atoms with Crippen LogP contribution >= 0.6 is 0 Å². The van der Waals surface area contributed by atoms with E-state index in [1.54, 1.807) is 0 Å². The van der Waals surface area contributed by atoms with Crippen molar-refractivity contribution in [2.24, 2.45) is 40.4 Å². The van der Waals surface area contributed by atoms with E-state index in [0.29, 0.717) is 35.4 Å². The summed E-state index contributed by atoms with van der Waals surface area (Å²) in [5.74, 6) is 2.77. The molecule has 1 heterocycles. The molecule has 19 heavy (non-hydrogen) atoms. The molecule has 0 aromatic rings. The van der Waals surface area contributed by atoms with Crippen molar-refractivity contribution in [2.75, 3.05) is 13.2 Å². The van der Waals surface area contributed by atoms with Crippen LogP contribution in [-0.2, 0) is 14.3 Å². The van der Waals surface area contributed by atoms with Gasteiger partial charge in [0.2, 0.25) is 0 Å². The Morgan fingerprint density at radius 1 is 1.11 bits per heavy atom. The number of Topliss-reactive ketones (excluding diaryl/α,β-unsaturated/α-hetero) is 1. The van der Waals surface area contributed by atoms with Crippen LogP contribution < -0.4 is 0 Å². The predicted octanol–water partition coefficient (Wildman–Crippen LogP) is 2.25. The van der Waals surface area contributed by atoms with Gasteiger partial charge in [-0.25, -0.2) is 0 Å². The van der Waals surface area contributed by atoms with E-state index in [1.165, 1.54) is 6.42 Å². The molecule has 3 nitrogen and oxygen atoms in total. The normalized spacial score (nSPS) is 58.7. The van der Waals surface area contributed by atoms with E-state index in [-0.39, 0.29) is 16.6 Å². The zero-order chi connectivity index (χ0) is 13.2. The summed E-state index contributed by atoms with van der Waals surface area (Å²) < 4.78 is 12.1. The molecule has 5 aliphatic rings. The van der Waals surface area contributed by atoms with Gasteiger partial charge in [-0.1, -0.05) is 20.8 Å². The molecule has 0 aromatic carbocycles. The monoisotopic (exact) mass is 262 g/mol. The summed E-state index contributed by atoms with van der Waals surface area (Å²) in [6.07, 6.45) is 2.24. The molecule has 2 unspecified atom stereocenters. The van der Waals surface area contributed by atoms with Crippen LogP contribution in [0.15, 0.2) is 0 Å². The summed E-state index contributed by atoms with van der Waals surface area (Å²) in [6.45, 7) is 8.15. The second-order valence-corrected chi connectivity index (χ2v) is 8.17. The Morgan fingerprint density at radius 2 is 1.79 bits per heavy atom. The Kier molecular flexibility index (Phi) is 1.66. The summed E-state index contributed by atoms with van der Waals surface area (Å²) >= 11 is 0. The highest BCUT2D eigenvalue weighted by atomic mass is 16.7. The van der Waals surface area contributed by atoms with Crippen molar-refractivity contribution in [1.82, 2.24) is 0 Å². The van der Waals surface area contributed by atoms with Gasteiger partial charge in [-0.3, -0.25) is 4.79 Å². The fourth-order valence-corrected chi connectivity index (χ4v) is 7.04. The molecule has 0 radical (unpaired) electrons. The SMILES string of the molecule is CC1(C)C(=O)C2C3[C@@H]4CCC5(OCCO5)[C@@H]4[C@@H]1[C@@]23C. The van der Waals surface area contributed by atoms with Crippen LogP contribution in [0.25, 0.3) is 0 Å². The van der Waals surface area contributed by atoms with E-state index in [2.05, 4.69) is 20.8 Å². The lowest BCUT2D eigenvalue weighted by Crippen LogP contribution is -2.44. The predicted molar refractivity (Wildman–Crippen MR) is 68.2 cm³/mol. The molecule has 0 bridgehead atoms. The van der Waals surface area contributed by atoms with Crippen molar-refractivity contribution >= 4 is 5.78 Å². The van der Waals surface area contributed by atoms with Gasteiger partial charge in [0, 0.05) is 23.7 Å². The maximum atomic E-state index is 12.7. The van der Waals surface area contributed by atoms with Gasteiger partial charge in [-0.05, 0) is 29.6 Å². The summed E-state index contributed by atoms with van der Waals surface area (Å²) in [5.41, 5.74) is 0.0840. The Labute approximate surface area is 114 Å². The minimum Gasteiger partial charge on any atom is -0.347 e. The largest absolute Gasteiger partial charge is 0.347 e. The van der Waals surface area contributed by atoms with Crippen molar-refractivity contribution in [3.8, 4) is 0 Å². The molecular weight excluding hydrogens is 240 g/mol. The molecule has 5 fully saturated rings. The van der Waals surface area contributed by atoms with Gasteiger partial charge in [0.05, 0.1) is 13.2 Å². The summed E-state index contributed by atoms with van der Waals surface area (Å²) in [5, 5.41) is 0. The minimum atomic E-state index is -0.335. The number of hydrogen-bond donors (Lipinski definition) is 0. The number of rotatable bonds is 0. The third-order valence-corrected chi connectivity index (χ3v) is 7.40. The van der Waals surface area contributed by atoms with Crippen LogP contribution in [0.1, 0.15) is 33.6 Å². The molecule has 104 valence electrons. The Balaban J connectivity index is 1.66. The maximum Gasteiger partial charge on any atom is 0.171 e. The fourth-order valence-electron chi connectivity index (χ4n) is 7.04. The van der Waals surface area contributed by atoms with E-state index in [9.17, 15) is 4.79 Å². The molecule has 1 aliphatic heterocycles.